The zero-order valence-electron chi connectivity index (χ0n) is 11.5. The van der Waals surface area contributed by atoms with Gasteiger partial charge in [-0.05, 0) is 31.4 Å². The molecule has 1 unspecified atom stereocenters. The van der Waals surface area contributed by atoms with Gasteiger partial charge in [-0.1, -0.05) is 12.1 Å². The molecule has 1 aromatic carbocycles. The summed E-state index contributed by atoms with van der Waals surface area (Å²) in [6, 6.07) is 3.77. The van der Waals surface area contributed by atoms with E-state index in [1.54, 1.807) is 0 Å². The first kappa shape index (κ1) is 16.6. The van der Waals surface area contributed by atoms with E-state index in [9.17, 15) is 27.1 Å². The Hall–Kier alpha value is -1.74. The highest BCUT2D eigenvalue weighted by Gasteiger charge is 2.39. The lowest BCUT2D eigenvalue weighted by Crippen LogP contribution is -2.47. The summed E-state index contributed by atoms with van der Waals surface area (Å²) < 4.78 is 55.2. The van der Waals surface area contributed by atoms with Crippen LogP contribution in [0.3, 0.4) is 0 Å². The third-order valence-electron chi connectivity index (χ3n) is 3.39. The number of halogens is 2. The average molecular weight is 335 g/mol. The van der Waals surface area contributed by atoms with Crippen molar-refractivity contribution < 1.29 is 31.8 Å². The van der Waals surface area contributed by atoms with Crippen molar-refractivity contribution in [2.24, 2.45) is 0 Å². The summed E-state index contributed by atoms with van der Waals surface area (Å²) in [5.74, 6) is -1.75. The highest BCUT2D eigenvalue weighted by atomic mass is 32.2. The molecule has 1 heterocycles. The van der Waals surface area contributed by atoms with Gasteiger partial charge in [0.15, 0.2) is 0 Å². The molecule has 0 spiro atoms. The minimum absolute atomic E-state index is 0.0301. The molecule has 1 saturated heterocycles. The second kappa shape index (κ2) is 6.57. The molecule has 1 aliphatic rings. The fraction of sp³-hybridized carbons (Fsp3) is 0.462. The number of piperidine rings is 1. The maximum absolute atomic E-state index is 12.6. The number of sulfonamides is 1. The number of rotatable bonds is 5. The zero-order valence-corrected chi connectivity index (χ0v) is 12.3. The smallest absolute Gasteiger partial charge is 0.387 e. The summed E-state index contributed by atoms with van der Waals surface area (Å²) in [5, 5.41) is 9.18. The minimum Gasteiger partial charge on any atom is -0.480 e. The number of carboxylic acids is 1. The largest absolute Gasteiger partial charge is 0.480 e. The lowest BCUT2D eigenvalue weighted by atomic mass is 10.1. The molecular weight excluding hydrogens is 320 g/mol. The highest BCUT2D eigenvalue weighted by molar-refractivity contribution is 7.89. The number of ether oxygens (including phenoxy) is 1. The molecule has 0 aliphatic carbocycles. The molecule has 0 amide bonds. The third kappa shape index (κ3) is 3.36. The van der Waals surface area contributed by atoms with E-state index in [0.717, 1.165) is 16.4 Å². The number of hydrogen-bond donors (Lipinski definition) is 1. The number of aliphatic carboxylic acids is 1. The lowest BCUT2D eigenvalue weighted by Gasteiger charge is -2.32. The van der Waals surface area contributed by atoms with E-state index in [-0.39, 0.29) is 13.0 Å². The summed E-state index contributed by atoms with van der Waals surface area (Å²) in [7, 11) is -4.24. The van der Waals surface area contributed by atoms with Gasteiger partial charge in [0.05, 0.1) is 0 Å². The van der Waals surface area contributed by atoms with Crippen LogP contribution in [0.15, 0.2) is 29.2 Å². The van der Waals surface area contributed by atoms with Crippen LogP contribution in [0, 0.1) is 0 Å². The Morgan fingerprint density at radius 2 is 2.00 bits per heavy atom. The van der Waals surface area contributed by atoms with Crippen molar-refractivity contribution in [1.29, 1.82) is 0 Å². The Kier molecular flexibility index (Phi) is 4.97. The Balaban J connectivity index is 2.43. The van der Waals surface area contributed by atoms with Crippen LogP contribution in [0.2, 0.25) is 0 Å². The first-order valence-corrected chi connectivity index (χ1v) is 8.06. The summed E-state index contributed by atoms with van der Waals surface area (Å²) in [5.41, 5.74) is 0. The average Bonchev–Trinajstić information content (AvgIpc) is 2.47. The van der Waals surface area contributed by atoms with E-state index in [1.165, 1.54) is 12.1 Å². The van der Waals surface area contributed by atoms with Gasteiger partial charge in [0.25, 0.3) is 0 Å². The van der Waals surface area contributed by atoms with Crippen molar-refractivity contribution in [2.75, 3.05) is 6.54 Å². The molecule has 2 rings (SSSR count). The monoisotopic (exact) mass is 335 g/mol. The summed E-state index contributed by atoms with van der Waals surface area (Å²) in [6.07, 6.45) is 1.30. The summed E-state index contributed by atoms with van der Waals surface area (Å²) >= 11 is 0. The van der Waals surface area contributed by atoms with Gasteiger partial charge in [-0.25, -0.2) is 8.42 Å². The van der Waals surface area contributed by atoms with E-state index in [1.807, 2.05) is 0 Å². The lowest BCUT2D eigenvalue weighted by molar-refractivity contribution is -0.142. The minimum atomic E-state index is -4.24. The standard InChI is InChI=1S/C13H15F2NO5S/c14-13(15)21-10-6-1-2-7-11(10)22(19,20)16-8-4-3-5-9(16)12(17)18/h1-2,6-7,9,13H,3-5,8H2,(H,17,18). The van der Waals surface area contributed by atoms with Crippen molar-refractivity contribution in [1.82, 2.24) is 4.31 Å². The van der Waals surface area contributed by atoms with Gasteiger partial charge in [0.1, 0.15) is 16.7 Å². The molecule has 22 heavy (non-hydrogen) atoms. The molecule has 0 saturated carbocycles. The molecule has 1 N–H and O–H groups in total. The van der Waals surface area contributed by atoms with Crippen molar-refractivity contribution in [3.8, 4) is 5.75 Å². The van der Waals surface area contributed by atoms with Gasteiger partial charge in [0.2, 0.25) is 10.0 Å². The molecule has 1 aromatic rings. The number of nitrogens with zero attached hydrogens (tertiary/aromatic N) is 1. The quantitative estimate of drug-likeness (QED) is 0.889. The van der Waals surface area contributed by atoms with Crippen LogP contribution in [0.4, 0.5) is 8.78 Å². The second-order valence-corrected chi connectivity index (χ2v) is 6.65. The Bertz CT molecular complexity index is 650. The fourth-order valence-electron chi connectivity index (χ4n) is 2.42. The maximum atomic E-state index is 12.6. The van der Waals surface area contributed by atoms with Gasteiger partial charge >= 0.3 is 12.6 Å². The molecule has 0 aromatic heterocycles. The second-order valence-electron chi connectivity index (χ2n) is 4.79. The number of carbonyl (C=O) groups is 1. The predicted molar refractivity (Wildman–Crippen MR) is 72.2 cm³/mol. The Morgan fingerprint density at radius 1 is 1.32 bits per heavy atom. The maximum Gasteiger partial charge on any atom is 0.387 e. The van der Waals surface area contributed by atoms with Crippen LogP contribution in [0.5, 0.6) is 5.75 Å². The summed E-state index contributed by atoms with van der Waals surface area (Å²) in [4.78, 5) is 10.8. The number of para-hydroxylation sites is 1. The Morgan fingerprint density at radius 3 is 2.64 bits per heavy atom. The molecule has 122 valence electrons. The predicted octanol–water partition coefficient (Wildman–Crippen LogP) is 1.92. The molecule has 0 bridgehead atoms. The van der Waals surface area contributed by atoms with E-state index in [0.29, 0.717) is 12.8 Å². The highest BCUT2D eigenvalue weighted by Crippen LogP contribution is 2.31. The first-order chi connectivity index (χ1) is 10.3. The van der Waals surface area contributed by atoms with Crippen LogP contribution in [-0.2, 0) is 14.8 Å². The normalized spacial score (nSPS) is 20.0. The number of benzene rings is 1. The molecule has 1 fully saturated rings. The van der Waals surface area contributed by atoms with Crippen LogP contribution in [-0.4, -0.2) is 43.0 Å². The SMILES string of the molecule is O=C(O)C1CCCCN1S(=O)(=O)c1ccccc1OC(F)F. The number of carboxylic acid groups (broad SMARTS) is 1. The van der Waals surface area contributed by atoms with E-state index < -0.39 is 39.3 Å². The van der Waals surface area contributed by atoms with Gasteiger partial charge in [-0.3, -0.25) is 4.79 Å². The van der Waals surface area contributed by atoms with Crippen molar-refractivity contribution in [3.63, 3.8) is 0 Å². The van der Waals surface area contributed by atoms with Crippen LogP contribution < -0.4 is 4.74 Å². The molecule has 0 radical (unpaired) electrons. The molecule has 1 aliphatic heterocycles. The van der Waals surface area contributed by atoms with Gasteiger partial charge in [-0.2, -0.15) is 13.1 Å². The van der Waals surface area contributed by atoms with Crippen molar-refractivity contribution in [3.05, 3.63) is 24.3 Å². The first-order valence-electron chi connectivity index (χ1n) is 6.62. The molecular formula is C13H15F2NO5S. The summed E-state index contributed by atoms with van der Waals surface area (Å²) in [6.45, 7) is -3.14. The van der Waals surface area contributed by atoms with Gasteiger partial charge in [0, 0.05) is 6.54 Å². The molecule has 1 atom stereocenters. The topological polar surface area (TPSA) is 83.9 Å². The van der Waals surface area contributed by atoms with Crippen molar-refractivity contribution in [2.45, 2.75) is 36.8 Å². The van der Waals surface area contributed by atoms with Crippen LogP contribution >= 0.6 is 0 Å². The fourth-order valence-corrected chi connectivity index (χ4v) is 4.20. The van der Waals surface area contributed by atoms with Crippen LogP contribution in [0.25, 0.3) is 0 Å². The number of alkyl halides is 2. The van der Waals surface area contributed by atoms with E-state index in [2.05, 4.69) is 4.74 Å². The molecule has 9 heteroatoms. The van der Waals surface area contributed by atoms with E-state index >= 15 is 0 Å². The molecule has 6 nitrogen and oxygen atoms in total. The van der Waals surface area contributed by atoms with Crippen LogP contribution in [0.1, 0.15) is 19.3 Å². The van der Waals surface area contributed by atoms with Gasteiger partial charge in [-0.15, -0.1) is 0 Å². The number of hydrogen-bond acceptors (Lipinski definition) is 4. The zero-order chi connectivity index (χ0) is 16.3. The third-order valence-corrected chi connectivity index (χ3v) is 5.34. The Labute approximate surface area is 126 Å². The van der Waals surface area contributed by atoms with Crippen molar-refractivity contribution >= 4 is 16.0 Å². The van der Waals surface area contributed by atoms with E-state index in [4.69, 9.17) is 0 Å². The van der Waals surface area contributed by atoms with Gasteiger partial charge < -0.3 is 9.84 Å².